The Morgan fingerprint density at radius 2 is 1.90 bits per heavy atom. The summed E-state index contributed by atoms with van der Waals surface area (Å²) in [6.07, 6.45) is -0.835. The standard InChI is InChI=1S/C17H16O3/c1-11-7-8-13(15(9-11)19-2)17(18)16-10-12-5-3-4-6-14(12)20-16/h3-10,17-18H,1-2H3. The zero-order valence-electron chi connectivity index (χ0n) is 11.5. The molecule has 0 spiro atoms. The van der Waals surface area contributed by atoms with Crippen molar-refractivity contribution in [3.63, 3.8) is 0 Å². The number of benzene rings is 2. The predicted molar refractivity (Wildman–Crippen MR) is 78.0 cm³/mol. The molecule has 2 aromatic carbocycles. The first kappa shape index (κ1) is 12.8. The van der Waals surface area contributed by atoms with Gasteiger partial charge in [-0.2, -0.15) is 0 Å². The van der Waals surface area contributed by atoms with E-state index in [1.165, 1.54) is 0 Å². The van der Waals surface area contributed by atoms with Crippen molar-refractivity contribution in [3.8, 4) is 5.75 Å². The van der Waals surface area contributed by atoms with E-state index in [0.29, 0.717) is 17.1 Å². The van der Waals surface area contributed by atoms with Gasteiger partial charge in [0.2, 0.25) is 0 Å². The van der Waals surface area contributed by atoms with Crippen LogP contribution in [-0.2, 0) is 0 Å². The lowest BCUT2D eigenvalue weighted by atomic mass is 10.0. The van der Waals surface area contributed by atoms with Crippen LogP contribution in [0.3, 0.4) is 0 Å². The minimum absolute atomic E-state index is 0.522. The van der Waals surface area contributed by atoms with Gasteiger partial charge in [0.25, 0.3) is 0 Å². The number of furan rings is 1. The molecule has 20 heavy (non-hydrogen) atoms. The van der Waals surface area contributed by atoms with Crippen molar-refractivity contribution >= 4 is 11.0 Å². The summed E-state index contributed by atoms with van der Waals surface area (Å²) in [5, 5.41) is 11.5. The van der Waals surface area contributed by atoms with Crippen molar-refractivity contribution in [2.24, 2.45) is 0 Å². The second-order valence-electron chi connectivity index (χ2n) is 4.83. The molecule has 1 heterocycles. The molecule has 0 saturated heterocycles. The van der Waals surface area contributed by atoms with E-state index in [1.54, 1.807) is 7.11 Å². The molecule has 1 aromatic heterocycles. The smallest absolute Gasteiger partial charge is 0.140 e. The molecule has 3 aromatic rings. The molecule has 0 amide bonds. The van der Waals surface area contributed by atoms with Gasteiger partial charge in [-0.1, -0.05) is 30.3 Å². The summed E-state index contributed by atoms with van der Waals surface area (Å²) >= 11 is 0. The van der Waals surface area contributed by atoms with Crippen LogP contribution in [0.5, 0.6) is 5.75 Å². The Kier molecular flexibility index (Phi) is 3.20. The lowest BCUT2D eigenvalue weighted by Crippen LogP contribution is -2.01. The molecular formula is C17H16O3. The van der Waals surface area contributed by atoms with Gasteiger partial charge in [-0.25, -0.2) is 0 Å². The zero-order chi connectivity index (χ0) is 14.1. The lowest BCUT2D eigenvalue weighted by molar-refractivity contribution is 0.188. The van der Waals surface area contributed by atoms with Crippen molar-refractivity contribution in [1.29, 1.82) is 0 Å². The van der Waals surface area contributed by atoms with Crippen LogP contribution in [0.1, 0.15) is 23.0 Å². The van der Waals surface area contributed by atoms with Gasteiger partial charge in [0.1, 0.15) is 23.2 Å². The lowest BCUT2D eigenvalue weighted by Gasteiger charge is -2.13. The molecule has 0 bridgehead atoms. The van der Waals surface area contributed by atoms with Crippen LogP contribution >= 0.6 is 0 Å². The van der Waals surface area contributed by atoms with E-state index in [4.69, 9.17) is 9.15 Å². The zero-order valence-corrected chi connectivity index (χ0v) is 11.5. The van der Waals surface area contributed by atoms with Gasteiger partial charge in [0, 0.05) is 10.9 Å². The number of ether oxygens (including phenoxy) is 1. The van der Waals surface area contributed by atoms with Gasteiger partial charge in [-0.3, -0.25) is 0 Å². The Labute approximate surface area is 117 Å². The van der Waals surface area contributed by atoms with Crippen LogP contribution in [0.15, 0.2) is 52.9 Å². The first-order valence-corrected chi connectivity index (χ1v) is 6.50. The van der Waals surface area contributed by atoms with Crippen molar-refractivity contribution < 1.29 is 14.3 Å². The molecule has 0 aliphatic heterocycles. The quantitative estimate of drug-likeness (QED) is 0.785. The predicted octanol–water partition coefficient (Wildman–Crippen LogP) is 3.83. The number of para-hydroxylation sites is 1. The number of hydrogen-bond acceptors (Lipinski definition) is 3. The molecule has 0 saturated carbocycles. The van der Waals surface area contributed by atoms with E-state index < -0.39 is 6.10 Å². The van der Waals surface area contributed by atoms with Crippen molar-refractivity contribution in [3.05, 3.63) is 65.4 Å². The van der Waals surface area contributed by atoms with E-state index in [1.807, 2.05) is 55.5 Å². The van der Waals surface area contributed by atoms with Crippen molar-refractivity contribution in [2.75, 3.05) is 7.11 Å². The van der Waals surface area contributed by atoms with Crippen LogP contribution in [0.4, 0.5) is 0 Å². The molecule has 0 aliphatic rings. The molecule has 3 nitrogen and oxygen atoms in total. The third kappa shape index (κ3) is 2.17. The third-order valence-electron chi connectivity index (χ3n) is 3.40. The highest BCUT2D eigenvalue weighted by atomic mass is 16.5. The van der Waals surface area contributed by atoms with Gasteiger partial charge < -0.3 is 14.3 Å². The molecule has 102 valence electrons. The molecule has 1 N–H and O–H groups in total. The van der Waals surface area contributed by atoms with Crippen LogP contribution in [0.25, 0.3) is 11.0 Å². The number of aryl methyl sites for hydroxylation is 1. The first-order valence-electron chi connectivity index (χ1n) is 6.50. The number of rotatable bonds is 3. The Bertz CT molecular complexity index is 710. The van der Waals surface area contributed by atoms with E-state index in [0.717, 1.165) is 16.5 Å². The summed E-state index contributed by atoms with van der Waals surface area (Å²) in [5.41, 5.74) is 2.56. The molecule has 0 aliphatic carbocycles. The highest BCUT2D eigenvalue weighted by molar-refractivity contribution is 5.77. The van der Waals surface area contributed by atoms with E-state index in [2.05, 4.69) is 0 Å². The van der Waals surface area contributed by atoms with Gasteiger partial charge in [0.05, 0.1) is 7.11 Å². The Morgan fingerprint density at radius 3 is 2.65 bits per heavy atom. The summed E-state index contributed by atoms with van der Waals surface area (Å²) in [6, 6.07) is 15.3. The van der Waals surface area contributed by atoms with Gasteiger partial charge in [0.15, 0.2) is 0 Å². The summed E-state index contributed by atoms with van der Waals surface area (Å²) in [7, 11) is 1.60. The van der Waals surface area contributed by atoms with Crippen molar-refractivity contribution in [1.82, 2.24) is 0 Å². The largest absolute Gasteiger partial charge is 0.496 e. The Morgan fingerprint density at radius 1 is 1.10 bits per heavy atom. The minimum Gasteiger partial charge on any atom is -0.496 e. The highest BCUT2D eigenvalue weighted by Crippen LogP contribution is 2.33. The maximum absolute atomic E-state index is 10.5. The molecule has 0 fully saturated rings. The van der Waals surface area contributed by atoms with Crippen LogP contribution in [0.2, 0.25) is 0 Å². The van der Waals surface area contributed by atoms with E-state index in [-0.39, 0.29) is 0 Å². The molecule has 3 rings (SSSR count). The van der Waals surface area contributed by atoms with Crippen molar-refractivity contribution in [2.45, 2.75) is 13.0 Å². The minimum atomic E-state index is -0.835. The van der Waals surface area contributed by atoms with Gasteiger partial charge in [-0.05, 0) is 30.7 Å². The number of aliphatic hydroxyl groups excluding tert-OH is 1. The summed E-state index contributed by atoms with van der Waals surface area (Å²) < 4.78 is 11.0. The molecular weight excluding hydrogens is 252 g/mol. The SMILES string of the molecule is COc1cc(C)ccc1C(O)c1cc2ccccc2o1. The average molecular weight is 268 g/mol. The van der Waals surface area contributed by atoms with Gasteiger partial charge >= 0.3 is 0 Å². The fourth-order valence-electron chi connectivity index (χ4n) is 2.33. The van der Waals surface area contributed by atoms with Crippen LogP contribution < -0.4 is 4.74 Å². The van der Waals surface area contributed by atoms with Crippen LogP contribution in [-0.4, -0.2) is 12.2 Å². The van der Waals surface area contributed by atoms with E-state index in [9.17, 15) is 5.11 Å². The number of aliphatic hydroxyl groups is 1. The summed E-state index contributed by atoms with van der Waals surface area (Å²) in [6.45, 7) is 1.99. The molecule has 1 unspecified atom stereocenters. The molecule has 1 atom stereocenters. The molecule has 0 radical (unpaired) electrons. The van der Waals surface area contributed by atoms with E-state index >= 15 is 0 Å². The normalized spacial score (nSPS) is 12.6. The topological polar surface area (TPSA) is 42.6 Å². The Balaban J connectivity index is 2.05. The molecule has 3 heteroatoms. The average Bonchev–Trinajstić information content (AvgIpc) is 2.90. The number of methoxy groups -OCH3 is 1. The second kappa shape index (κ2) is 5.02. The summed E-state index contributed by atoms with van der Waals surface area (Å²) in [5.74, 6) is 1.19. The van der Waals surface area contributed by atoms with Crippen LogP contribution in [0, 0.1) is 6.92 Å². The van der Waals surface area contributed by atoms with Gasteiger partial charge in [-0.15, -0.1) is 0 Å². The number of fused-ring (bicyclic) bond motifs is 1. The maximum atomic E-state index is 10.5. The first-order chi connectivity index (χ1) is 9.69. The third-order valence-corrected chi connectivity index (χ3v) is 3.40. The fourth-order valence-corrected chi connectivity index (χ4v) is 2.33. The highest BCUT2D eigenvalue weighted by Gasteiger charge is 2.19. The fraction of sp³-hybridized carbons (Fsp3) is 0.176. The monoisotopic (exact) mass is 268 g/mol. The summed E-state index contributed by atoms with van der Waals surface area (Å²) in [4.78, 5) is 0. The maximum Gasteiger partial charge on any atom is 0.140 e. The number of hydrogen-bond donors (Lipinski definition) is 1. The Hall–Kier alpha value is -2.26. The second-order valence-corrected chi connectivity index (χ2v) is 4.83.